The quantitative estimate of drug-likeness (QED) is 0.683. The minimum atomic E-state index is -0.220. The molecule has 20 heavy (non-hydrogen) atoms. The zero-order valence-electron chi connectivity index (χ0n) is 12.9. The zero-order chi connectivity index (χ0) is 14.0. The molecule has 1 saturated carbocycles. The molecule has 3 aliphatic rings. The first-order chi connectivity index (χ1) is 9.67. The second-order valence-electron chi connectivity index (χ2n) is 6.69. The Balaban J connectivity index is 1.60. The summed E-state index contributed by atoms with van der Waals surface area (Å²) in [5, 5.41) is 0. The van der Waals surface area contributed by atoms with Crippen LogP contribution in [0.2, 0.25) is 0 Å². The van der Waals surface area contributed by atoms with Crippen molar-refractivity contribution >= 4 is 0 Å². The van der Waals surface area contributed by atoms with Crippen LogP contribution in [0.25, 0.3) is 0 Å². The SMILES string of the molecule is C[C@@H]1CC/C(C2CCC3(CC2)OCCO3)=C/C[C@H](C)O1. The molecule has 3 nitrogen and oxygen atoms in total. The fourth-order valence-electron chi connectivity index (χ4n) is 3.89. The first kappa shape index (κ1) is 14.6. The van der Waals surface area contributed by atoms with Gasteiger partial charge in [0.15, 0.2) is 5.79 Å². The topological polar surface area (TPSA) is 27.7 Å². The van der Waals surface area contributed by atoms with Crippen molar-refractivity contribution < 1.29 is 14.2 Å². The maximum Gasteiger partial charge on any atom is 0.168 e. The summed E-state index contributed by atoms with van der Waals surface area (Å²) in [6.45, 7) is 5.95. The summed E-state index contributed by atoms with van der Waals surface area (Å²) in [4.78, 5) is 0. The number of rotatable bonds is 1. The van der Waals surface area contributed by atoms with Crippen LogP contribution in [0.15, 0.2) is 11.6 Å². The third kappa shape index (κ3) is 3.26. The Morgan fingerprint density at radius 2 is 1.70 bits per heavy atom. The molecule has 0 aromatic carbocycles. The molecule has 3 rings (SSSR count). The van der Waals surface area contributed by atoms with Gasteiger partial charge in [-0.25, -0.2) is 0 Å². The lowest BCUT2D eigenvalue weighted by atomic mass is 9.78. The highest BCUT2D eigenvalue weighted by atomic mass is 16.7. The van der Waals surface area contributed by atoms with Crippen LogP contribution in [0.1, 0.15) is 58.8 Å². The van der Waals surface area contributed by atoms with Gasteiger partial charge in [-0.3, -0.25) is 0 Å². The van der Waals surface area contributed by atoms with Gasteiger partial charge in [0.05, 0.1) is 25.4 Å². The molecule has 0 bridgehead atoms. The van der Waals surface area contributed by atoms with Gasteiger partial charge in [-0.15, -0.1) is 0 Å². The van der Waals surface area contributed by atoms with E-state index in [0.717, 1.165) is 44.8 Å². The van der Waals surface area contributed by atoms with E-state index in [0.29, 0.717) is 12.2 Å². The molecule has 0 radical (unpaired) electrons. The summed E-state index contributed by atoms with van der Waals surface area (Å²) < 4.78 is 17.6. The molecule has 1 aliphatic carbocycles. The Kier molecular flexibility index (Phi) is 4.49. The van der Waals surface area contributed by atoms with Gasteiger partial charge in [-0.2, -0.15) is 0 Å². The van der Waals surface area contributed by atoms with E-state index in [-0.39, 0.29) is 5.79 Å². The second-order valence-corrected chi connectivity index (χ2v) is 6.69. The maximum atomic E-state index is 5.92. The summed E-state index contributed by atoms with van der Waals surface area (Å²) in [5.41, 5.74) is 1.67. The van der Waals surface area contributed by atoms with Gasteiger partial charge in [0, 0.05) is 12.8 Å². The predicted molar refractivity (Wildman–Crippen MR) is 78.5 cm³/mol. The standard InChI is InChI=1S/C17H28O3/c1-13-3-5-15(6-4-14(2)20-13)16-7-9-17(10-8-16)18-11-12-19-17/h5,13-14,16H,3-4,6-12H2,1-2H3/b15-5-/t13-,14+/m0/s1. The van der Waals surface area contributed by atoms with E-state index in [2.05, 4.69) is 19.9 Å². The highest BCUT2D eigenvalue weighted by molar-refractivity contribution is 5.10. The fraction of sp³-hybridized carbons (Fsp3) is 0.882. The van der Waals surface area contributed by atoms with E-state index in [4.69, 9.17) is 14.2 Å². The molecular formula is C17H28O3. The van der Waals surface area contributed by atoms with Crippen molar-refractivity contribution in [1.29, 1.82) is 0 Å². The number of hydrogen-bond donors (Lipinski definition) is 0. The van der Waals surface area contributed by atoms with Gasteiger partial charge in [-0.1, -0.05) is 11.6 Å². The maximum absolute atomic E-state index is 5.92. The molecule has 3 heteroatoms. The third-order valence-corrected chi connectivity index (χ3v) is 5.10. The minimum Gasteiger partial charge on any atom is -0.375 e. The normalized spacial score (nSPS) is 38.2. The molecule has 1 spiro atoms. The van der Waals surface area contributed by atoms with Crippen molar-refractivity contribution in [3.05, 3.63) is 11.6 Å². The van der Waals surface area contributed by atoms with Crippen LogP contribution < -0.4 is 0 Å². The van der Waals surface area contributed by atoms with Crippen molar-refractivity contribution in [1.82, 2.24) is 0 Å². The second kappa shape index (κ2) is 6.17. The van der Waals surface area contributed by atoms with Crippen LogP contribution in [0.5, 0.6) is 0 Å². The predicted octanol–water partition coefficient (Wildman–Crippen LogP) is 3.82. The Morgan fingerprint density at radius 3 is 2.40 bits per heavy atom. The Morgan fingerprint density at radius 1 is 1.00 bits per heavy atom. The van der Waals surface area contributed by atoms with Crippen LogP contribution in [-0.4, -0.2) is 31.2 Å². The Labute approximate surface area is 122 Å². The van der Waals surface area contributed by atoms with Gasteiger partial charge >= 0.3 is 0 Å². The molecule has 114 valence electrons. The van der Waals surface area contributed by atoms with Crippen molar-refractivity contribution in [2.75, 3.05) is 13.2 Å². The fourth-order valence-corrected chi connectivity index (χ4v) is 3.89. The number of ether oxygens (including phenoxy) is 3. The molecule has 0 unspecified atom stereocenters. The largest absolute Gasteiger partial charge is 0.375 e. The average molecular weight is 280 g/mol. The molecule has 0 amide bonds. The van der Waals surface area contributed by atoms with Gasteiger partial charge in [0.25, 0.3) is 0 Å². The molecule has 2 atom stereocenters. The number of allylic oxidation sites excluding steroid dienone is 1. The van der Waals surface area contributed by atoms with Crippen molar-refractivity contribution in [3.63, 3.8) is 0 Å². The molecule has 0 N–H and O–H groups in total. The van der Waals surface area contributed by atoms with Crippen LogP contribution in [-0.2, 0) is 14.2 Å². The van der Waals surface area contributed by atoms with E-state index in [1.54, 1.807) is 5.57 Å². The minimum absolute atomic E-state index is 0.220. The average Bonchev–Trinajstić information content (AvgIpc) is 2.87. The molecule has 1 saturated heterocycles. The van der Waals surface area contributed by atoms with Crippen molar-refractivity contribution in [2.24, 2.45) is 5.92 Å². The van der Waals surface area contributed by atoms with Gasteiger partial charge in [0.2, 0.25) is 0 Å². The first-order valence-corrected chi connectivity index (χ1v) is 8.29. The molecule has 2 aliphatic heterocycles. The molecule has 2 heterocycles. The van der Waals surface area contributed by atoms with Crippen LogP contribution in [0.4, 0.5) is 0 Å². The lowest BCUT2D eigenvalue weighted by Crippen LogP contribution is -2.35. The summed E-state index contributed by atoms with van der Waals surface area (Å²) in [6.07, 6.45) is 11.2. The smallest absolute Gasteiger partial charge is 0.168 e. The van der Waals surface area contributed by atoms with E-state index in [1.807, 2.05) is 0 Å². The number of hydrogen-bond acceptors (Lipinski definition) is 3. The highest BCUT2D eigenvalue weighted by Crippen LogP contribution is 2.42. The summed E-state index contributed by atoms with van der Waals surface area (Å²) >= 11 is 0. The van der Waals surface area contributed by atoms with Gasteiger partial charge in [0.1, 0.15) is 0 Å². The summed E-state index contributed by atoms with van der Waals surface area (Å²) in [5.74, 6) is 0.522. The van der Waals surface area contributed by atoms with Crippen LogP contribution >= 0.6 is 0 Å². The Bertz CT molecular complexity index is 347. The lowest BCUT2D eigenvalue weighted by molar-refractivity contribution is -0.181. The van der Waals surface area contributed by atoms with Gasteiger partial charge in [-0.05, 0) is 51.9 Å². The van der Waals surface area contributed by atoms with Crippen LogP contribution in [0.3, 0.4) is 0 Å². The molecule has 2 fully saturated rings. The highest BCUT2D eigenvalue weighted by Gasteiger charge is 2.40. The van der Waals surface area contributed by atoms with E-state index in [1.165, 1.54) is 19.3 Å². The summed E-state index contributed by atoms with van der Waals surface area (Å²) in [6, 6.07) is 0. The zero-order valence-corrected chi connectivity index (χ0v) is 12.9. The lowest BCUT2D eigenvalue weighted by Gasteiger charge is -2.37. The van der Waals surface area contributed by atoms with Gasteiger partial charge < -0.3 is 14.2 Å². The Hall–Kier alpha value is -0.380. The van der Waals surface area contributed by atoms with Crippen molar-refractivity contribution in [3.8, 4) is 0 Å². The molecular weight excluding hydrogens is 252 g/mol. The first-order valence-electron chi connectivity index (χ1n) is 8.29. The van der Waals surface area contributed by atoms with E-state index < -0.39 is 0 Å². The third-order valence-electron chi connectivity index (χ3n) is 5.10. The van der Waals surface area contributed by atoms with E-state index >= 15 is 0 Å². The van der Waals surface area contributed by atoms with Crippen molar-refractivity contribution in [2.45, 2.75) is 76.8 Å². The van der Waals surface area contributed by atoms with Crippen LogP contribution in [0, 0.1) is 5.92 Å². The molecule has 0 aromatic rings. The monoisotopic (exact) mass is 280 g/mol. The molecule has 0 aromatic heterocycles. The summed E-state index contributed by atoms with van der Waals surface area (Å²) in [7, 11) is 0. The van der Waals surface area contributed by atoms with E-state index in [9.17, 15) is 0 Å².